The molecule has 1 N–H and O–H groups in total. The van der Waals surface area contributed by atoms with Crippen molar-refractivity contribution in [2.45, 2.75) is 33.2 Å². The van der Waals surface area contributed by atoms with Crippen LogP contribution >= 0.6 is 0 Å². The number of anilines is 1. The Hall–Kier alpha value is -2.64. The summed E-state index contributed by atoms with van der Waals surface area (Å²) in [7, 11) is 2.83. The molecule has 0 aliphatic rings. The second kappa shape index (κ2) is 6.64. The van der Waals surface area contributed by atoms with E-state index in [0.717, 1.165) is 33.6 Å². The van der Waals surface area contributed by atoms with E-state index in [1.807, 2.05) is 6.92 Å². The second-order valence-corrected chi connectivity index (χ2v) is 5.48. The maximum atomic E-state index is 12.5. The number of hydrogen-bond acceptors (Lipinski definition) is 4. The zero-order chi connectivity index (χ0) is 17.1. The van der Waals surface area contributed by atoms with Crippen molar-refractivity contribution in [2.24, 2.45) is 14.1 Å². The molecule has 0 spiro atoms. The zero-order valence-electron chi connectivity index (χ0n) is 13.8. The van der Waals surface area contributed by atoms with E-state index in [9.17, 15) is 14.4 Å². The van der Waals surface area contributed by atoms with Crippen molar-refractivity contribution < 1.29 is 4.79 Å². The summed E-state index contributed by atoms with van der Waals surface area (Å²) in [5, 5.41) is 6.99. The van der Waals surface area contributed by atoms with Gasteiger partial charge in [-0.2, -0.15) is 5.10 Å². The van der Waals surface area contributed by atoms with Gasteiger partial charge in [0.25, 0.3) is 11.5 Å². The summed E-state index contributed by atoms with van der Waals surface area (Å²) < 4.78 is 3.82. The number of nitrogens with one attached hydrogen (secondary N) is 1. The van der Waals surface area contributed by atoms with Crippen molar-refractivity contribution in [1.29, 1.82) is 0 Å². The van der Waals surface area contributed by atoms with E-state index in [-0.39, 0.29) is 5.69 Å². The topological polar surface area (TPSA) is 90.9 Å². The maximum Gasteiger partial charge on any atom is 0.331 e. The molecule has 8 nitrogen and oxygen atoms in total. The SMILES string of the molecule is CCCCn1ncc(C)c1NC(=O)c1cc(=O)n(C)c(=O)n1C. The van der Waals surface area contributed by atoms with Crippen LogP contribution in [0.15, 0.2) is 21.9 Å². The lowest BCUT2D eigenvalue weighted by molar-refractivity contribution is 0.101. The highest BCUT2D eigenvalue weighted by Crippen LogP contribution is 2.15. The zero-order valence-corrected chi connectivity index (χ0v) is 13.8. The first-order valence-electron chi connectivity index (χ1n) is 7.47. The number of hydrogen-bond donors (Lipinski definition) is 1. The van der Waals surface area contributed by atoms with Crippen LogP contribution in [-0.4, -0.2) is 24.8 Å². The van der Waals surface area contributed by atoms with Crippen molar-refractivity contribution in [3.63, 3.8) is 0 Å². The lowest BCUT2D eigenvalue weighted by atomic mass is 10.3. The smallest absolute Gasteiger partial charge is 0.305 e. The molecule has 2 aromatic heterocycles. The van der Waals surface area contributed by atoms with E-state index < -0.39 is 17.2 Å². The van der Waals surface area contributed by atoms with Gasteiger partial charge in [0, 0.05) is 32.3 Å². The Morgan fingerprint density at radius 2 is 1.96 bits per heavy atom. The molecular weight excluding hydrogens is 298 g/mol. The molecule has 0 aliphatic carbocycles. The van der Waals surface area contributed by atoms with Crippen molar-refractivity contribution >= 4 is 11.7 Å². The van der Waals surface area contributed by atoms with Crippen LogP contribution in [0, 0.1) is 6.92 Å². The van der Waals surface area contributed by atoms with Crippen LogP contribution in [0.5, 0.6) is 0 Å². The summed E-state index contributed by atoms with van der Waals surface area (Å²) in [5.41, 5.74) is -0.225. The van der Waals surface area contributed by atoms with Gasteiger partial charge in [0.2, 0.25) is 0 Å². The number of aryl methyl sites for hydroxylation is 2. The summed E-state index contributed by atoms with van der Waals surface area (Å²) in [6, 6.07) is 1.15. The van der Waals surface area contributed by atoms with Gasteiger partial charge in [0.1, 0.15) is 11.5 Å². The molecule has 2 rings (SSSR count). The highest BCUT2D eigenvalue weighted by Gasteiger charge is 2.17. The first-order valence-corrected chi connectivity index (χ1v) is 7.47. The minimum atomic E-state index is -0.543. The van der Waals surface area contributed by atoms with Gasteiger partial charge in [0.05, 0.1) is 6.20 Å². The molecule has 0 radical (unpaired) electrons. The van der Waals surface area contributed by atoms with Crippen LogP contribution in [0.2, 0.25) is 0 Å². The first-order chi connectivity index (χ1) is 10.9. The van der Waals surface area contributed by atoms with Gasteiger partial charge >= 0.3 is 5.69 Å². The quantitative estimate of drug-likeness (QED) is 0.875. The van der Waals surface area contributed by atoms with E-state index in [1.54, 1.807) is 10.9 Å². The van der Waals surface area contributed by atoms with Gasteiger partial charge in [-0.1, -0.05) is 13.3 Å². The van der Waals surface area contributed by atoms with Crippen LogP contribution in [-0.2, 0) is 20.6 Å². The number of nitrogens with zero attached hydrogens (tertiary/aromatic N) is 4. The van der Waals surface area contributed by atoms with Gasteiger partial charge < -0.3 is 5.32 Å². The van der Waals surface area contributed by atoms with Crippen LogP contribution in [0.25, 0.3) is 0 Å². The van der Waals surface area contributed by atoms with E-state index >= 15 is 0 Å². The minimum Gasteiger partial charge on any atom is -0.305 e. The van der Waals surface area contributed by atoms with Gasteiger partial charge in [0.15, 0.2) is 0 Å². The normalized spacial score (nSPS) is 10.8. The minimum absolute atomic E-state index is 0.0146. The van der Waals surface area contributed by atoms with Crippen molar-refractivity contribution in [2.75, 3.05) is 5.32 Å². The summed E-state index contributed by atoms with van der Waals surface area (Å²) >= 11 is 0. The molecule has 0 aliphatic heterocycles. The fraction of sp³-hybridized carbons (Fsp3) is 0.467. The third-order valence-electron chi connectivity index (χ3n) is 3.74. The van der Waals surface area contributed by atoms with Crippen LogP contribution in [0.4, 0.5) is 5.82 Å². The first kappa shape index (κ1) is 16.7. The summed E-state index contributed by atoms with van der Waals surface area (Å²) in [6.07, 6.45) is 3.62. The van der Waals surface area contributed by atoms with Crippen molar-refractivity contribution in [3.05, 3.63) is 44.4 Å². The standard InChI is InChI=1S/C15H21N5O3/c1-5-6-7-20-13(10(2)9-16-20)17-14(22)11-8-12(21)19(4)15(23)18(11)3/h8-9H,5-7H2,1-4H3,(H,17,22). The molecule has 0 saturated heterocycles. The Balaban J connectivity index is 2.36. The van der Waals surface area contributed by atoms with Crippen molar-refractivity contribution in [1.82, 2.24) is 18.9 Å². The second-order valence-electron chi connectivity index (χ2n) is 5.48. The highest BCUT2D eigenvalue weighted by molar-refractivity contribution is 6.02. The third-order valence-corrected chi connectivity index (χ3v) is 3.74. The maximum absolute atomic E-state index is 12.5. The summed E-state index contributed by atoms with van der Waals surface area (Å²) in [4.78, 5) is 36.1. The molecule has 0 saturated carbocycles. The van der Waals surface area contributed by atoms with Crippen molar-refractivity contribution in [3.8, 4) is 0 Å². The molecule has 23 heavy (non-hydrogen) atoms. The fourth-order valence-corrected chi connectivity index (χ4v) is 2.24. The molecule has 0 unspecified atom stereocenters. The van der Waals surface area contributed by atoms with E-state index in [1.165, 1.54) is 14.1 Å². The Morgan fingerprint density at radius 3 is 2.61 bits per heavy atom. The monoisotopic (exact) mass is 319 g/mol. The average molecular weight is 319 g/mol. The highest BCUT2D eigenvalue weighted by atomic mass is 16.2. The molecule has 0 aromatic carbocycles. The molecule has 1 amide bonds. The Labute approximate surface area is 133 Å². The molecule has 2 heterocycles. The lowest BCUT2D eigenvalue weighted by Gasteiger charge is -2.12. The van der Waals surface area contributed by atoms with Gasteiger partial charge in [-0.15, -0.1) is 0 Å². The number of carbonyl (C=O) groups excluding carboxylic acids is 1. The number of unbranched alkanes of at least 4 members (excludes halogenated alkanes) is 1. The predicted octanol–water partition coefficient (Wildman–Crippen LogP) is 0.641. The summed E-state index contributed by atoms with van der Waals surface area (Å²) in [6.45, 7) is 4.60. The molecule has 0 fully saturated rings. The Bertz CT molecular complexity index is 844. The largest absolute Gasteiger partial charge is 0.331 e. The Morgan fingerprint density at radius 1 is 1.26 bits per heavy atom. The van der Waals surface area contributed by atoms with E-state index in [4.69, 9.17) is 0 Å². The van der Waals surface area contributed by atoms with Crippen LogP contribution < -0.4 is 16.6 Å². The van der Waals surface area contributed by atoms with E-state index in [2.05, 4.69) is 17.3 Å². The summed E-state index contributed by atoms with van der Waals surface area (Å²) in [5.74, 6) is 0.0697. The predicted molar refractivity (Wildman–Crippen MR) is 86.7 cm³/mol. The molecule has 124 valence electrons. The molecule has 8 heteroatoms. The fourth-order valence-electron chi connectivity index (χ4n) is 2.24. The number of rotatable bonds is 5. The van der Waals surface area contributed by atoms with Crippen LogP contribution in [0.3, 0.4) is 0 Å². The molecule has 0 atom stereocenters. The lowest BCUT2D eigenvalue weighted by Crippen LogP contribution is -2.40. The van der Waals surface area contributed by atoms with Gasteiger partial charge in [-0.25, -0.2) is 9.48 Å². The Kier molecular flexibility index (Phi) is 4.83. The number of carbonyl (C=O) groups is 1. The molecule has 2 aromatic rings. The third kappa shape index (κ3) is 3.25. The van der Waals surface area contributed by atoms with Gasteiger partial charge in [-0.3, -0.25) is 18.7 Å². The molecule has 0 bridgehead atoms. The number of amides is 1. The molecular formula is C15H21N5O3. The number of aromatic nitrogens is 4. The van der Waals surface area contributed by atoms with Gasteiger partial charge in [-0.05, 0) is 13.3 Å². The van der Waals surface area contributed by atoms with Crippen LogP contribution in [0.1, 0.15) is 35.8 Å². The van der Waals surface area contributed by atoms with E-state index in [0.29, 0.717) is 12.4 Å². The average Bonchev–Trinajstić information content (AvgIpc) is 2.87.